The number of fused-ring (bicyclic) bond motifs is 3. The average Bonchev–Trinajstić information content (AvgIpc) is 2.77. The van der Waals surface area contributed by atoms with Gasteiger partial charge in [-0.05, 0) is 18.2 Å². The number of rotatable bonds is 1. The molecule has 1 aliphatic rings. The summed E-state index contributed by atoms with van der Waals surface area (Å²) in [6.45, 7) is 8.88. The summed E-state index contributed by atoms with van der Waals surface area (Å²) in [5, 5.41) is 1.18. The van der Waals surface area contributed by atoms with Gasteiger partial charge in [0.1, 0.15) is 0 Å². The fourth-order valence-corrected chi connectivity index (χ4v) is 4.51. The van der Waals surface area contributed by atoms with Crippen molar-refractivity contribution >= 4 is 19.0 Å². The van der Waals surface area contributed by atoms with Crippen molar-refractivity contribution in [1.29, 1.82) is 0 Å². The summed E-state index contributed by atoms with van der Waals surface area (Å²) < 4.78 is 0. The minimum Gasteiger partial charge on any atom is -0.289 e. The Bertz CT molecular complexity index is 843. The quantitative estimate of drug-likeness (QED) is 0.605. The highest BCUT2D eigenvalue weighted by Gasteiger charge is 2.32. The number of benzene rings is 1. The Morgan fingerprint density at radius 2 is 1.61 bits per heavy atom. The molecule has 0 amide bonds. The van der Waals surface area contributed by atoms with Crippen molar-refractivity contribution < 1.29 is 4.79 Å². The molecule has 1 nitrogen and oxygen atoms in total. The summed E-state index contributed by atoms with van der Waals surface area (Å²) in [6.07, 6.45) is 0. The molecule has 3 rings (SSSR count). The summed E-state index contributed by atoms with van der Waals surface area (Å²) in [7, 11) is -1.70. The van der Waals surface area contributed by atoms with Crippen LogP contribution in [0.3, 0.4) is 0 Å². The van der Waals surface area contributed by atoms with Gasteiger partial charge in [0.2, 0.25) is 0 Å². The van der Waals surface area contributed by atoms with Crippen LogP contribution in [0.4, 0.5) is 0 Å². The Labute approximate surface area is 139 Å². The van der Waals surface area contributed by atoms with Crippen LogP contribution in [-0.4, -0.2) is 13.9 Å². The summed E-state index contributed by atoms with van der Waals surface area (Å²) in [6, 6.07) is 22.2. The third kappa shape index (κ3) is 2.80. The van der Waals surface area contributed by atoms with E-state index in [1.165, 1.54) is 5.19 Å². The molecule has 23 heavy (non-hydrogen) atoms. The van der Waals surface area contributed by atoms with Gasteiger partial charge in [-0.1, -0.05) is 79.8 Å². The molecule has 1 aliphatic carbocycles. The first-order chi connectivity index (χ1) is 10.9. The second kappa shape index (κ2) is 5.68. The fourth-order valence-electron chi connectivity index (χ4n) is 2.93. The van der Waals surface area contributed by atoms with Crippen LogP contribution >= 0.6 is 0 Å². The Morgan fingerprint density at radius 3 is 2.30 bits per heavy atom. The van der Waals surface area contributed by atoms with Crippen molar-refractivity contribution in [2.24, 2.45) is 0 Å². The van der Waals surface area contributed by atoms with Crippen molar-refractivity contribution in [3.05, 3.63) is 77.4 Å². The molecule has 0 N–H and O–H groups in total. The molecule has 0 spiro atoms. The van der Waals surface area contributed by atoms with Gasteiger partial charge in [0.25, 0.3) is 0 Å². The third-order valence-electron chi connectivity index (χ3n) is 4.14. The molecule has 2 aromatic rings. The molecule has 0 radical (unpaired) electrons. The zero-order valence-electron chi connectivity index (χ0n) is 14.0. The SMILES string of the molecule is Cc1ccc#cc2c(c([Si](C)(C)C)cc1)C(=O)c1ccccc1-2. The van der Waals surface area contributed by atoms with E-state index < -0.39 is 8.07 Å². The van der Waals surface area contributed by atoms with E-state index in [4.69, 9.17) is 0 Å². The Kier molecular flexibility index (Phi) is 3.83. The van der Waals surface area contributed by atoms with Gasteiger partial charge in [0, 0.05) is 22.3 Å². The van der Waals surface area contributed by atoms with Gasteiger partial charge in [-0.15, -0.1) is 0 Å². The van der Waals surface area contributed by atoms with Gasteiger partial charge in [-0.2, -0.15) is 0 Å². The van der Waals surface area contributed by atoms with Crippen molar-refractivity contribution in [2.75, 3.05) is 0 Å². The number of aryl methyl sites for hydroxylation is 1. The highest BCUT2D eigenvalue weighted by Crippen LogP contribution is 2.34. The van der Waals surface area contributed by atoms with Crippen LogP contribution in [0.5, 0.6) is 0 Å². The lowest BCUT2D eigenvalue weighted by Crippen LogP contribution is -2.40. The van der Waals surface area contributed by atoms with Crippen LogP contribution in [0.25, 0.3) is 11.1 Å². The second-order valence-corrected chi connectivity index (χ2v) is 12.0. The molecule has 0 bridgehead atoms. The van der Waals surface area contributed by atoms with Gasteiger partial charge in [-0.3, -0.25) is 4.79 Å². The van der Waals surface area contributed by atoms with Gasteiger partial charge < -0.3 is 0 Å². The Morgan fingerprint density at radius 1 is 0.913 bits per heavy atom. The summed E-state index contributed by atoms with van der Waals surface area (Å²) in [4.78, 5) is 13.0. The first-order valence-corrected chi connectivity index (χ1v) is 11.4. The van der Waals surface area contributed by atoms with Crippen molar-refractivity contribution in [3.63, 3.8) is 0 Å². The van der Waals surface area contributed by atoms with E-state index >= 15 is 0 Å². The van der Waals surface area contributed by atoms with E-state index in [0.717, 1.165) is 27.8 Å². The van der Waals surface area contributed by atoms with Crippen molar-refractivity contribution in [3.8, 4) is 11.1 Å². The molecule has 114 valence electrons. The van der Waals surface area contributed by atoms with Gasteiger partial charge in [0.15, 0.2) is 5.78 Å². The molecule has 0 saturated heterocycles. The molecular formula is C21H20OSi. The van der Waals surface area contributed by atoms with Crippen LogP contribution in [0.15, 0.2) is 48.5 Å². The van der Waals surface area contributed by atoms with E-state index in [0.29, 0.717) is 0 Å². The first kappa shape index (κ1) is 15.5. The van der Waals surface area contributed by atoms with Crippen molar-refractivity contribution in [1.82, 2.24) is 0 Å². The van der Waals surface area contributed by atoms with E-state index in [9.17, 15) is 4.79 Å². The molecule has 0 atom stereocenters. The lowest BCUT2D eigenvalue weighted by atomic mass is 10.1. The van der Waals surface area contributed by atoms with Crippen LogP contribution < -0.4 is 5.19 Å². The van der Waals surface area contributed by atoms with Crippen molar-refractivity contribution in [2.45, 2.75) is 26.6 Å². The number of ketones is 1. The van der Waals surface area contributed by atoms with E-state index in [1.807, 2.05) is 36.4 Å². The fraction of sp³-hybridized carbons (Fsp3) is 0.190. The lowest BCUT2D eigenvalue weighted by Gasteiger charge is -2.18. The minimum atomic E-state index is -1.70. The van der Waals surface area contributed by atoms with Gasteiger partial charge >= 0.3 is 0 Å². The maximum Gasteiger partial charge on any atom is 0.194 e. The minimum absolute atomic E-state index is 0.120. The largest absolute Gasteiger partial charge is 0.289 e. The summed E-state index contributed by atoms with van der Waals surface area (Å²) in [5.41, 5.74) is 4.59. The van der Waals surface area contributed by atoms with E-state index in [1.54, 1.807) is 0 Å². The molecule has 0 aliphatic heterocycles. The summed E-state index contributed by atoms with van der Waals surface area (Å²) in [5.74, 6) is 0.120. The summed E-state index contributed by atoms with van der Waals surface area (Å²) >= 11 is 0. The predicted octanol–water partition coefficient (Wildman–Crippen LogP) is 4.48. The Hall–Kier alpha value is -2.37. The molecule has 2 heteroatoms. The highest BCUT2D eigenvalue weighted by atomic mass is 28.3. The molecular weight excluding hydrogens is 296 g/mol. The number of hydrogen-bond donors (Lipinski definition) is 0. The predicted molar refractivity (Wildman–Crippen MR) is 98.3 cm³/mol. The smallest absolute Gasteiger partial charge is 0.194 e. The average molecular weight is 316 g/mol. The molecule has 0 fully saturated rings. The standard InChI is InChI=1S/C21H20OSi/c1-15-9-5-6-11-17-16-10-7-8-12-18(16)21(22)20(17)19(14-13-15)23(2,3)4/h5,7-10,12-14H,1-4H3. The van der Waals surface area contributed by atoms with Crippen LogP contribution in [0, 0.1) is 19.1 Å². The van der Waals surface area contributed by atoms with E-state index in [-0.39, 0.29) is 5.78 Å². The van der Waals surface area contributed by atoms with Gasteiger partial charge in [0.05, 0.1) is 8.07 Å². The van der Waals surface area contributed by atoms with Gasteiger partial charge in [-0.25, -0.2) is 0 Å². The highest BCUT2D eigenvalue weighted by molar-refractivity contribution is 6.89. The Balaban J connectivity index is 2.47. The lowest BCUT2D eigenvalue weighted by molar-refractivity contribution is 0.104. The monoisotopic (exact) mass is 316 g/mol. The molecule has 0 saturated carbocycles. The maximum absolute atomic E-state index is 13.0. The number of carbonyl (C=O) groups is 1. The molecule has 0 aromatic heterocycles. The number of carbonyl (C=O) groups excluding carboxylic acids is 1. The third-order valence-corrected chi connectivity index (χ3v) is 6.17. The zero-order chi connectivity index (χ0) is 16.6. The van der Waals surface area contributed by atoms with Crippen LogP contribution in [-0.2, 0) is 0 Å². The van der Waals surface area contributed by atoms with Crippen LogP contribution in [0.2, 0.25) is 19.6 Å². The zero-order valence-corrected chi connectivity index (χ0v) is 15.0. The van der Waals surface area contributed by atoms with E-state index in [2.05, 4.69) is 50.8 Å². The second-order valence-electron chi connectivity index (χ2n) is 6.97. The normalized spacial score (nSPS) is 12.1. The van der Waals surface area contributed by atoms with Crippen LogP contribution in [0.1, 0.15) is 21.5 Å². The number of hydrogen-bond acceptors (Lipinski definition) is 1. The molecule has 2 aromatic carbocycles. The molecule has 0 heterocycles. The maximum atomic E-state index is 13.0. The topological polar surface area (TPSA) is 17.1 Å². The first-order valence-electron chi connectivity index (χ1n) is 7.85. The molecule has 0 unspecified atom stereocenters.